The molecule has 2 aromatic carbocycles. The fraction of sp³-hybridized carbons (Fsp3) is 0.316. The average molecular weight is 313 g/mol. The molecule has 0 aliphatic heterocycles. The Labute approximate surface area is 137 Å². The molecular formula is C19H23NO3. The van der Waals surface area contributed by atoms with Gasteiger partial charge in [0.1, 0.15) is 5.75 Å². The molecule has 0 atom stereocenters. The van der Waals surface area contributed by atoms with Crippen LogP contribution in [0.4, 0.5) is 0 Å². The van der Waals surface area contributed by atoms with Crippen LogP contribution in [0.25, 0.3) is 11.1 Å². The van der Waals surface area contributed by atoms with Gasteiger partial charge in [0.2, 0.25) is 0 Å². The summed E-state index contributed by atoms with van der Waals surface area (Å²) in [5.74, 6) is -0.359. The Morgan fingerprint density at radius 3 is 2.39 bits per heavy atom. The number of carbonyl (C=O) groups is 1. The van der Waals surface area contributed by atoms with Crippen LogP contribution in [-0.2, 0) is 6.42 Å². The number of carbonyl (C=O) groups excluding carboxylic acids is 1. The van der Waals surface area contributed by atoms with E-state index in [9.17, 15) is 9.90 Å². The Hall–Kier alpha value is -2.33. The first kappa shape index (κ1) is 17.0. The molecule has 23 heavy (non-hydrogen) atoms. The van der Waals surface area contributed by atoms with Crippen molar-refractivity contribution in [3.8, 4) is 16.9 Å². The van der Waals surface area contributed by atoms with Gasteiger partial charge in [-0.2, -0.15) is 0 Å². The number of carboxylic acids is 1. The van der Waals surface area contributed by atoms with Crippen molar-refractivity contribution in [3.05, 3.63) is 53.6 Å². The molecule has 4 heteroatoms. The lowest BCUT2D eigenvalue weighted by Gasteiger charge is -2.12. The highest BCUT2D eigenvalue weighted by atomic mass is 16.5. The molecule has 0 aliphatic rings. The topological polar surface area (TPSA) is 53.8 Å². The molecule has 4 nitrogen and oxygen atoms in total. The third-order valence-electron chi connectivity index (χ3n) is 3.84. The molecule has 0 saturated heterocycles. The number of hydrogen-bond acceptors (Lipinski definition) is 3. The highest BCUT2D eigenvalue weighted by molar-refractivity contribution is 5.86. The summed E-state index contributed by atoms with van der Waals surface area (Å²) in [6.07, 6.45) is 2.15. The minimum atomic E-state index is -1.16. The predicted molar refractivity (Wildman–Crippen MR) is 88.8 cm³/mol. The van der Waals surface area contributed by atoms with E-state index in [1.807, 2.05) is 6.07 Å². The van der Waals surface area contributed by atoms with E-state index in [1.54, 1.807) is 31.4 Å². The first-order chi connectivity index (χ1) is 11.0. The van der Waals surface area contributed by atoms with Crippen LogP contribution in [0.2, 0.25) is 0 Å². The summed E-state index contributed by atoms with van der Waals surface area (Å²) in [7, 11) is 5.96. The van der Waals surface area contributed by atoms with Crippen molar-refractivity contribution in [2.45, 2.75) is 12.8 Å². The van der Waals surface area contributed by atoms with Crippen molar-refractivity contribution in [1.29, 1.82) is 0 Å². The van der Waals surface area contributed by atoms with Crippen LogP contribution in [0.1, 0.15) is 22.3 Å². The number of carboxylic acid groups (broad SMARTS) is 1. The van der Waals surface area contributed by atoms with Gasteiger partial charge < -0.3 is 19.5 Å². The molecule has 2 rings (SSSR count). The number of benzene rings is 2. The van der Waals surface area contributed by atoms with E-state index >= 15 is 0 Å². The van der Waals surface area contributed by atoms with Gasteiger partial charge in [-0.25, -0.2) is 0 Å². The molecule has 122 valence electrons. The summed E-state index contributed by atoms with van der Waals surface area (Å²) in [5.41, 5.74) is 3.31. The lowest BCUT2D eigenvalue weighted by molar-refractivity contribution is -0.858. The maximum atomic E-state index is 10.8. The first-order valence-corrected chi connectivity index (χ1v) is 7.79. The van der Waals surface area contributed by atoms with Crippen molar-refractivity contribution >= 4 is 5.97 Å². The molecule has 0 saturated carbocycles. The highest BCUT2D eigenvalue weighted by Crippen LogP contribution is 2.31. The summed E-state index contributed by atoms with van der Waals surface area (Å²) in [4.78, 5) is 12.3. The number of methoxy groups -OCH3 is 1. The number of rotatable bonds is 7. The fourth-order valence-corrected chi connectivity index (χ4v) is 2.56. The van der Waals surface area contributed by atoms with Crippen molar-refractivity contribution in [2.24, 2.45) is 0 Å². The highest BCUT2D eigenvalue weighted by Gasteiger charge is 2.08. The summed E-state index contributed by atoms with van der Waals surface area (Å²) < 4.78 is 5.51. The second kappa shape index (κ2) is 7.79. The number of aryl methyl sites for hydroxylation is 1. The smallest absolute Gasteiger partial charge is 0.126 e. The van der Waals surface area contributed by atoms with Crippen LogP contribution in [0.15, 0.2) is 42.5 Å². The van der Waals surface area contributed by atoms with E-state index in [0.29, 0.717) is 0 Å². The quantitative estimate of drug-likeness (QED) is 0.823. The molecule has 0 radical (unpaired) electrons. The van der Waals surface area contributed by atoms with Crippen LogP contribution in [0.5, 0.6) is 5.75 Å². The Kier molecular flexibility index (Phi) is 5.77. The summed E-state index contributed by atoms with van der Waals surface area (Å²) in [5, 5.41) is 10.8. The largest absolute Gasteiger partial charge is 0.545 e. The van der Waals surface area contributed by atoms with Crippen molar-refractivity contribution in [2.75, 3.05) is 27.7 Å². The number of nitrogens with one attached hydrogen (secondary N) is 1. The molecule has 0 bridgehead atoms. The Morgan fingerprint density at radius 2 is 1.83 bits per heavy atom. The van der Waals surface area contributed by atoms with Crippen LogP contribution in [0, 0.1) is 0 Å². The maximum absolute atomic E-state index is 10.8. The van der Waals surface area contributed by atoms with Gasteiger partial charge in [-0.15, -0.1) is 0 Å². The molecule has 0 aliphatic carbocycles. The number of hydrogen-bond donors (Lipinski definition) is 1. The lowest BCUT2D eigenvalue weighted by atomic mass is 9.99. The van der Waals surface area contributed by atoms with E-state index in [4.69, 9.17) is 4.74 Å². The van der Waals surface area contributed by atoms with Crippen molar-refractivity contribution < 1.29 is 19.5 Å². The SMILES string of the molecule is COc1cc(CCC[NH+](C)C)ccc1-c1ccc(C(=O)[O-])cc1. The van der Waals surface area contributed by atoms with Crippen LogP contribution in [0.3, 0.4) is 0 Å². The predicted octanol–water partition coefficient (Wildman–Crippen LogP) is 0.803. The standard InChI is InChI=1S/C19H23NO3/c1-20(2)12-4-5-14-6-11-17(18(13-14)23-3)15-7-9-16(10-8-15)19(21)22/h6-11,13H,4-5,12H2,1-3H3,(H,21,22). The number of aromatic carboxylic acids is 1. The van der Waals surface area contributed by atoms with E-state index in [2.05, 4.69) is 26.2 Å². The van der Waals surface area contributed by atoms with E-state index in [-0.39, 0.29) is 5.56 Å². The zero-order valence-corrected chi connectivity index (χ0v) is 13.9. The number of ether oxygens (including phenoxy) is 1. The molecule has 0 spiro atoms. The van der Waals surface area contributed by atoms with Crippen LogP contribution >= 0.6 is 0 Å². The monoisotopic (exact) mass is 313 g/mol. The molecular weight excluding hydrogens is 290 g/mol. The Bertz CT molecular complexity index is 663. The van der Waals surface area contributed by atoms with Gasteiger partial charge in [0.25, 0.3) is 0 Å². The van der Waals surface area contributed by atoms with Crippen molar-refractivity contribution in [1.82, 2.24) is 0 Å². The van der Waals surface area contributed by atoms with Gasteiger partial charge in [-0.05, 0) is 29.2 Å². The van der Waals surface area contributed by atoms with E-state index in [0.717, 1.165) is 36.3 Å². The molecule has 0 fully saturated rings. The van der Waals surface area contributed by atoms with Gasteiger partial charge in [-0.1, -0.05) is 36.4 Å². The van der Waals surface area contributed by atoms with Gasteiger partial charge in [0.05, 0.1) is 33.7 Å². The fourth-order valence-electron chi connectivity index (χ4n) is 2.56. The second-order valence-corrected chi connectivity index (χ2v) is 5.96. The molecule has 0 unspecified atom stereocenters. The first-order valence-electron chi connectivity index (χ1n) is 7.79. The molecule has 2 aromatic rings. The zero-order chi connectivity index (χ0) is 16.8. The van der Waals surface area contributed by atoms with E-state index < -0.39 is 5.97 Å². The third-order valence-corrected chi connectivity index (χ3v) is 3.84. The third kappa shape index (κ3) is 4.57. The van der Waals surface area contributed by atoms with Gasteiger partial charge in [0.15, 0.2) is 0 Å². The number of quaternary nitrogens is 1. The minimum Gasteiger partial charge on any atom is -0.545 e. The average Bonchev–Trinajstić information content (AvgIpc) is 2.54. The maximum Gasteiger partial charge on any atom is 0.126 e. The molecule has 0 aromatic heterocycles. The van der Waals surface area contributed by atoms with Gasteiger partial charge >= 0.3 is 0 Å². The van der Waals surface area contributed by atoms with Crippen LogP contribution in [-0.4, -0.2) is 33.7 Å². The molecule has 0 amide bonds. The summed E-state index contributed by atoms with van der Waals surface area (Å²) in [6.45, 7) is 1.13. The van der Waals surface area contributed by atoms with Gasteiger partial charge in [-0.3, -0.25) is 0 Å². The molecule has 1 N–H and O–H groups in total. The Morgan fingerprint density at radius 1 is 1.13 bits per heavy atom. The summed E-state index contributed by atoms with van der Waals surface area (Å²) >= 11 is 0. The summed E-state index contributed by atoms with van der Waals surface area (Å²) in [6, 6.07) is 12.9. The normalized spacial score (nSPS) is 10.8. The second-order valence-electron chi connectivity index (χ2n) is 5.96. The lowest BCUT2D eigenvalue weighted by Crippen LogP contribution is -3.05. The van der Waals surface area contributed by atoms with Crippen LogP contribution < -0.4 is 14.7 Å². The Balaban J connectivity index is 2.20. The minimum absolute atomic E-state index is 0.176. The molecule has 0 heterocycles. The van der Waals surface area contributed by atoms with Crippen molar-refractivity contribution in [3.63, 3.8) is 0 Å². The zero-order valence-electron chi connectivity index (χ0n) is 13.9. The van der Waals surface area contributed by atoms with E-state index in [1.165, 1.54) is 10.5 Å². The van der Waals surface area contributed by atoms with Gasteiger partial charge in [0, 0.05) is 12.0 Å².